The average molecular weight is 438 g/mol. The molecule has 0 radical (unpaired) electrons. The van der Waals surface area contributed by atoms with Gasteiger partial charge >= 0.3 is 0 Å². The van der Waals surface area contributed by atoms with Crippen LogP contribution >= 0.6 is 0 Å². The Balaban J connectivity index is 0.00000289. The number of anilines is 1. The summed E-state index contributed by atoms with van der Waals surface area (Å²) >= 11 is 0. The predicted octanol–water partition coefficient (Wildman–Crippen LogP) is 4.07. The Bertz CT molecular complexity index is 985. The van der Waals surface area contributed by atoms with E-state index in [0.717, 1.165) is 55.5 Å². The lowest BCUT2D eigenvalue weighted by atomic mass is 10.1. The van der Waals surface area contributed by atoms with Crippen LogP contribution in [0.2, 0.25) is 0 Å². The minimum Gasteiger partial charge on any atom is -0.491 e. The van der Waals surface area contributed by atoms with E-state index in [1.807, 2.05) is 24.3 Å². The van der Waals surface area contributed by atoms with Crippen molar-refractivity contribution in [3.63, 3.8) is 0 Å². The van der Waals surface area contributed by atoms with Gasteiger partial charge in [-0.2, -0.15) is 0 Å². The number of aromatic nitrogens is 1. The van der Waals surface area contributed by atoms with Crippen LogP contribution in [-0.2, 0) is 4.74 Å². The van der Waals surface area contributed by atoms with Crippen molar-refractivity contribution in [2.24, 2.45) is 0 Å². The number of hydrogen-bond acceptors (Lipinski definition) is 6. The minimum absolute atomic E-state index is 0. The van der Waals surface area contributed by atoms with E-state index in [1.165, 1.54) is 10.8 Å². The van der Waals surface area contributed by atoms with Crippen LogP contribution in [0.25, 0.3) is 22.0 Å². The zero-order chi connectivity index (χ0) is 21.6. The van der Waals surface area contributed by atoms with Crippen molar-refractivity contribution in [2.75, 3.05) is 57.9 Å². The number of hydrogen-bond donors (Lipinski definition) is 1. The minimum atomic E-state index is -0.637. The molecule has 1 saturated heterocycles. The van der Waals surface area contributed by atoms with Gasteiger partial charge in [0.15, 0.2) is 0 Å². The van der Waals surface area contributed by atoms with Gasteiger partial charge in [0.05, 0.1) is 12.3 Å². The summed E-state index contributed by atoms with van der Waals surface area (Å²) in [6.07, 6.45) is -0.637. The van der Waals surface area contributed by atoms with Crippen LogP contribution in [0.4, 0.5) is 5.82 Å². The van der Waals surface area contributed by atoms with Gasteiger partial charge < -0.3 is 24.4 Å². The molecule has 2 aromatic carbocycles. The first-order valence-electron chi connectivity index (χ1n) is 10.9. The van der Waals surface area contributed by atoms with Crippen molar-refractivity contribution in [3.8, 4) is 17.0 Å². The van der Waals surface area contributed by atoms with Gasteiger partial charge in [-0.3, -0.25) is 0 Å². The predicted molar refractivity (Wildman–Crippen MR) is 132 cm³/mol. The molecule has 3 aromatic rings. The molecule has 1 fully saturated rings. The number of nitrogens with zero attached hydrogens (tertiary/aromatic N) is 3. The standard InChI is InChI=1S/C25H31N3O3.CH4/c1-3-27-12-14-28(15-13-27)25-23-7-5-4-6-20(23)16-24(26-25)19-8-10-22(11-9-19)31-18-21(29)17-30-2;/h4-11,16,21,29H,3,12-15,17-18H2,1-2H3;1H4. The number of aliphatic hydroxyl groups is 1. The maximum Gasteiger partial charge on any atom is 0.137 e. The Kier molecular flexibility index (Phi) is 8.45. The lowest BCUT2D eigenvalue weighted by Crippen LogP contribution is -2.46. The number of benzene rings is 2. The number of likely N-dealkylation sites (N-methyl/N-ethyl adjacent to an activating group) is 1. The number of rotatable bonds is 8. The van der Waals surface area contributed by atoms with Gasteiger partial charge in [-0.05, 0) is 42.3 Å². The number of piperazine rings is 1. The molecular formula is C26H35N3O3. The Morgan fingerprint density at radius 3 is 2.41 bits per heavy atom. The summed E-state index contributed by atoms with van der Waals surface area (Å²) in [6, 6.07) is 18.5. The van der Waals surface area contributed by atoms with Crippen molar-refractivity contribution in [1.82, 2.24) is 9.88 Å². The summed E-state index contributed by atoms with van der Waals surface area (Å²) in [4.78, 5) is 9.97. The first-order valence-corrected chi connectivity index (χ1v) is 10.9. The highest BCUT2D eigenvalue weighted by molar-refractivity contribution is 5.95. The molecule has 1 aliphatic rings. The zero-order valence-corrected chi connectivity index (χ0v) is 18.3. The van der Waals surface area contributed by atoms with Gasteiger partial charge in [0.25, 0.3) is 0 Å². The van der Waals surface area contributed by atoms with Crippen LogP contribution in [0.3, 0.4) is 0 Å². The monoisotopic (exact) mass is 437 g/mol. The normalized spacial score (nSPS) is 15.4. The van der Waals surface area contributed by atoms with Gasteiger partial charge in [-0.15, -0.1) is 0 Å². The van der Waals surface area contributed by atoms with Crippen LogP contribution in [-0.4, -0.2) is 74.1 Å². The van der Waals surface area contributed by atoms with Crippen LogP contribution in [0.15, 0.2) is 54.6 Å². The highest BCUT2D eigenvalue weighted by Gasteiger charge is 2.19. The van der Waals surface area contributed by atoms with Crippen molar-refractivity contribution in [2.45, 2.75) is 20.5 Å². The topological polar surface area (TPSA) is 58.1 Å². The van der Waals surface area contributed by atoms with Gasteiger partial charge in [-0.1, -0.05) is 38.6 Å². The molecule has 6 nitrogen and oxygen atoms in total. The van der Waals surface area contributed by atoms with E-state index < -0.39 is 6.10 Å². The van der Waals surface area contributed by atoms with E-state index in [-0.39, 0.29) is 20.6 Å². The third-order valence-electron chi connectivity index (χ3n) is 5.79. The third-order valence-corrected chi connectivity index (χ3v) is 5.79. The number of aliphatic hydroxyl groups excluding tert-OH is 1. The second-order valence-corrected chi connectivity index (χ2v) is 7.92. The Morgan fingerprint density at radius 2 is 1.72 bits per heavy atom. The number of ether oxygens (including phenoxy) is 2. The molecule has 1 N–H and O–H groups in total. The molecule has 4 rings (SSSR count). The molecule has 6 heteroatoms. The van der Waals surface area contributed by atoms with Gasteiger partial charge in [-0.25, -0.2) is 4.98 Å². The number of fused-ring (bicyclic) bond motifs is 1. The van der Waals surface area contributed by atoms with Crippen molar-refractivity contribution in [3.05, 3.63) is 54.6 Å². The van der Waals surface area contributed by atoms with E-state index in [2.05, 4.69) is 47.1 Å². The van der Waals surface area contributed by atoms with E-state index in [4.69, 9.17) is 14.5 Å². The number of methoxy groups -OCH3 is 1. The molecule has 0 bridgehead atoms. The summed E-state index contributed by atoms with van der Waals surface area (Å²) in [7, 11) is 1.56. The summed E-state index contributed by atoms with van der Waals surface area (Å²) < 4.78 is 10.6. The summed E-state index contributed by atoms with van der Waals surface area (Å²) in [5, 5.41) is 12.2. The van der Waals surface area contributed by atoms with E-state index >= 15 is 0 Å². The molecule has 1 aliphatic heterocycles. The highest BCUT2D eigenvalue weighted by Crippen LogP contribution is 2.31. The van der Waals surface area contributed by atoms with Crippen molar-refractivity contribution >= 4 is 16.6 Å². The molecular weight excluding hydrogens is 402 g/mol. The highest BCUT2D eigenvalue weighted by atomic mass is 16.5. The Morgan fingerprint density at radius 1 is 1.00 bits per heavy atom. The molecule has 172 valence electrons. The summed E-state index contributed by atoms with van der Waals surface area (Å²) in [5.74, 6) is 1.78. The fourth-order valence-electron chi connectivity index (χ4n) is 4.00. The van der Waals surface area contributed by atoms with Crippen LogP contribution < -0.4 is 9.64 Å². The molecule has 1 aromatic heterocycles. The second kappa shape index (κ2) is 11.3. The first kappa shape index (κ1) is 24.0. The van der Waals surface area contributed by atoms with Crippen LogP contribution in [0, 0.1) is 0 Å². The largest absolute Gasteiger partial charge is 0.491 e. The molecule has 32 heavy (non-hydrogen) atoms. The van der Waals surface area contributed by atoms with Crippen LogP contribution in [0.5, 0.6) is 5.75 Å². The van der Waals surface area contributed by atoms with Crippen molar-refractivity contribution in [1.29, 1.82) is 0 Å². The van der Waals surface area contributed by atoms with Gasteiger partial charge in [0, 0.05) is 44.2 Å². The maximum absolute atomic E-state index is 9.76. The first-order chi connectivity index (χ1) is 15.2. The SMILES string of the molecule is C.CCN1CCN(c2nc(-c3ccc(OCC(O)COC)cc3)cc3ccccc23)CC1. The number of pyridine rings is 1. The lowest BCUT2D eigenvalue weighted by Gasteiger charge is -2.35. The summed E-state index contributed by atoms with van der Waals surface area (Å²) in [6.45, 7) is 7.89. The van der Waals surface area contributed by atoms with E-state index in [0.29, 0.717) is 0 Å². The van der Waals surface area contributed by atoms with Crippen LogP contribution in [0.1, 0.15) is 14.4 Å². The summed E-state index contributed by atoms with van der Waals surface area (Å²) in [5.41, 5.74) is 2.00. The van der Waals surface area contributed by atoms with E-state index in [9.17, 15) is 5.11 Å². The van der Waals surface area contributed by atoms with Gasteiger partial charge in [0.1, 0.15) is 24.3 Å². The second-order valence-electron chi connectivity index (χ2n) is 7.92. The molecule has 1 atom stereocenters. The fourth-order valence-corrected chi connectivity index (χ4v) is 4.00. The molecule has 2 heterocycles. The molecule has 0 amide bonds. The third kappa shape index (κ3) is 5.57. The quantitative estimate of drug-likeness (QED) is 0.573. The zero-order valence-electron chi connectivity index (χ0n) is 18.3. The molecule has 0 aliphatic carbocycles. The molecule has 1 unspecified atom stereocenters. The van der Waals surface area contributed by atoms with Crippen molar-refractivity contribution < 1.29 is 14.6 Å². The maximum atomic E-state index is 9.76. The Hall–Kier alpha value is -2.67. The smallest absolute Gasteiger partial charge is 0.137 e. The molecule has 0 spiro atoms. The Labute approximate surface area is 191 Å². The van der Waals surface area contributed by atoms with E-state index in [1.54, 1.807) is 7.11 Å². The molecule has 0 saturated carbocycles. The average Bonchev–Trinajstić information content (AvgIpc) is 2.82. The van der Waals surface area contributed by atoms with Gasteiger partial charge in [0.2, 0.25) is 0 Å². The lowest BCUT2D eigenvalue weighted by molar-refractivity contribution is 0.0325. The fraction of sp³-hybridized carbons (Fsp3) is 0.423.